The van der Waals surface area contributed by atoms with Gasteiger partial charge < -0.3 is 10.2 Å². The Kier molecular flexibility index (Phi) is 3.37. The minimum atomic E-state index is -4.60. The normalized spacial score (nSPS) is 12.0. The van der Waals surface area contributed by atoms with Crippen LogP contribution in [-0.4, -0.2) is 4.98 Å². The molecule has 0 unspecified atom stereocenters. The average Bonchev–Trinajstić information content (AvgIpc) is 2.88. The molecule has 3 aromatic rings. The number of pyridine rings is 1. The van der Waals surface area contributed by atoms with E-state index in [1.165, 1.54) is 18.2 Å². The number of nitrogens with two attached hydrogens (primary N) is 1. The zero-order valence-corrected chi connectivity index (χ0v) is 11.0. The Morgan fingerprint density at radius 3 is 2.59 bits per heavy atom. The minimum absolute atomic E-state index is 0.0100. The van der Waals surface area contributed by atoms with Crippen molar-refractivity contribution in [1.29, 1.82) is 0 Å². The summed E-state index contributed by atoms with van der Waals surface area (Å²) in [5.41, 5.74) is 4.58. The summed E-state index contributed by atoms with van der Waals surface area (Å²) in [7, 11) is 0. The number of rotatable bonds is 2. The lowest BCUT2D eigenvalue weighted by Gasteiger charge is -2.09. The molecule has 0 amide bonds. The summed E-state index contributed by atoms with van der Waals surface area (Å²) in [5, 5.41) is 0.261. The molecule has 0 saturated heterocycles. The van der Waals surface area contributed by atoms with Crippen molar-refractivity contribution in [2.24, 2.45) is 5.73 Å². The van der Waals surface area contributed by atoms with Crippen molar-refractivity contribution in [3.05, 3.63) is 53.7 Å². The summed E-state index contributed by atoms with van der Waals surface area (Å²) in [6.07, 6.45) is -3.70. The molecular weight excluding hydrogens is 300 g/mol. The lowest BCUT2D eigenvalue weighted by atomic mass is 10.0. The SMILES string of the molecule is NCc1cc2cc(-c3c[c]c(F)cn3)cc(C(F)(F)F)c2o1. The summed E-state index contributed by atoms with van der Waals surface area (Å²) in [6.45, 7) is -0.0100. The summed E-state index contributed by atoms with van der Waals surface area (Å²) in [6, 6.07) is 7.31. The first-order valence-electron chi connectivity index (χ1n) is 6.26. The molecule has 3 rings (SSSR count). The Labute approximate surface area is 122 Å². The molecule has 1 radical (unpaired) electrons. The molecular formula is C15H9F4N2O. The molecule has 0 aliphatic heterocycles. The lowest BCUT2D eigenvalue weighted by molar-refractivity contribution is -0.136. The number of fused-ring (bicyclic) bond motifs is 1. The Bertz CT molecular complexity index is 822. The lowest BCUT2D eigenvalue weighted by Crippen LogP contribution is -2.05. The third kappa shape index (κ3) is 2.55. The standard InChI is InChI=1S/C15H9F4N2O/c16-10-1-2-13(21-7-10)8-3-9-4-11(6-20)22-14(9)12(5-8)15(17,18)19/h2-5,7H,6,20H2. The maximum atomic E-state index is 13.2. The van der Waals surface area contributed by atoms with Gasteiger partial charge in [-0.15, -0.1) is 0 Å². The molecule has 1 aromatic carbocycles. The van der Waals surface area contributed by atoms with Crippen LogP contribution in [0.15, 0.2) is 34.9 Å². The van der Waals surface area contributed by atoms with E-state index >= 15 is 0 Å². The highest BCUT2D eigenvalue weighted by atomic mass is 19.4. The van der Waals surface area contributed by atoms with Gasteiger partial charge in [-0.05, 0) is 24.3 Å². The number of hydrogen-bond donors (Lipinski definition) is 1. The van der Waals surface area contributed by atoms with Crippen LogP contribution in [0.1, 0.15) is 11.3 Å². The van der Waals surface area contributed by atoms with Crippen molar-refractivity contribution < 1.29 is 22.0 Å². The zero-order chi connectivity index (χ0) is 15.9. The molecule has 2 N–H and O–H groups in total. The molecule has 2 heterocycles. The Morgan fingerprint density at radius 2 is 2.00 bits per heavy atom. The van der Waals surface area contributed by atoms with E-state index in [1.54, 1.807) is 0 Å². The van der Waals surface area contributed by atoms with E-state index in [9.17, 15) is 17.6 Å². The molecule has 0 bridgehead atoms. The molecule has 0 atom stereocenters. The number of benzene rings is 1. The largest absolute Gasteiger partial charge is 0.459 e. The van der Waals surface area contributed by atoms with E-state index < -0.39 is 17.6 Å². The number of aromatic nitrogens is 1. The van der Waals surface area contributed by atoms with Gasteiger partial charge in [0.15, 0.2) is 0 Å². The fourth-order valence-corrected chi connectivity index (χ4v) is 2.16. The van der Waals surface area contributed by atoms with Gasteiger partial charge in [-0.1, -0.05) is 0 Å². The van der Waals surface area contributed by atoms with Gasteiger partial charge in [-0.25, -0.2) is 4.39 Å². The number of furan rings is 1. The van der Waals surface area contributed by atoms with Gasteiger partial charge >= 0.3 is 6.18 Å². The maximum Gasteiger partial charge on any atom is 0.420 e. The van der Waals surface area contributed by atoms with Crippen molar-refractivity contribution in [2.45, 2.75) is 12.7 Å². The second kappa shape index (κ2) is 5.10. The van der Waals surface area contributed by atoms with Crippen LogP contribution in [0.3, 0.4) is 0 Å². The molecule has 2 aromatic heterocycles. The van der Waals surface area contributed by atoms with Gasteiger partial charge in [-0.2, -0.15) is 13.2 Å². The molecule has 22 heavy (non-hydrogen) atoms. The first kappa shape index (κ1) is 14.5. The molecule has 0 aliphatic carbocycles. The average molecular weight is 309 g/mol. The quantitative estimate of drug-likeness (QED) is 0.730. The summed E-state index contributed by atoms with van der Waals surface area (Å²) < 4.78 is 57.6. The van der Waals surface area contributed by atoms with Crippen molar-refractivity contribution in [1.82, 2.24) is 4.98 Å². The predicted molar refractivity (Wildman–Crippen MR) is 71.1 cm³/mol. The molecule has 113 valence electrons. The summed E-state index contributed by atoms with van der Waals surface area (Å²) >= 11 is 0. The van der Waals surface area contributed by atoms with Gasteiger partial charge in [0, 0.05) is 17.0 Å². The van der Waals surface area contributed by atoms with Gasteiger partial charge in [0.05, 0.1) is 24.0 Å². The first-order valence-corrected chi connectivity index (χ1v) is 6.26. The number of alkyl halides is 3. The molecule has 0 spiro atoms. The van der Waals surface area contributed by atoms with Crippen LogP contribution in [-0.2, 0) is 12.7 Å². The van der Waals surface area contributed by atoms with Crippen LogP contribution in [0.4, 0.5) is 17.6 Å². The first-order chi connectivity index (χ1) is 10.4. The third-order valence-corrected chi connectivity index (χ3v) is 3.13. The smallest absolute Gasteiger partial charge is 0.420 e. The van der Waals surface area contributed by atoms with E-state index in [2.05, 4.69) is 11.1 Å². The summed E-state index contributed by atoms with van der Waals surface area (Å²) in [5.74, 6) is -0.439. The highest BCUT2D eigenvalue weighted by Gasteiger charge is 2.35. The van der Waals surface area contributed by atoms with Crippen molar-refractivity contribution >= 4 is 11.0 Å². The molecule has 0 fully saturated rings. The van der Waals surface area contributed by atoms with Gasteiger partial charge in [0.1, 0.15) is 17.2 Å². The van der Waals surface area contributed by atoms with Crippen LogP contribution >= 0.6 is 0 Å². The second-order valence-corrected chi connectivity index (χ2v) is 4.64. The van der Waals surface area contributed by atoms with E-state index in [1.807, 2.05) is 0 Å². The van der Waals surface area contributed by atoms with Crippen LogP contribution in [0.25, 0.3) is 22.2 Å². The predicted octanol–water partition coefficient (Wildman–Crippen LogP) is 3.91. The topological polar surface area (TPSA) is 52.0 Å². The fraction of sp³-hybridized carbons (Fsp3) is 0.133. The van der Waals surface area contributed by atoms with E-state index in [-0.39, 0.29) is 34.5 Å². The van der Waals surface area contributed by atoms with Crippen LogP contribution in [0.5, 0.6) is 0 Å². The number of halogens is 4. The van der Waals surface area contributed by atoms with E-state index in [0.717, 1.165) is 12.3 Å². The Hall–Kier alpha value is -2.41. The van der Waals surface area contributed by atoms with Crippen LogP contribution in [0, 0.1) is 11.9 Å². The van der Waals surface area contributed by atoms with Crippen LogP contribution < -0.4 is 5.73 Å². The zero-order valence-electron chi connectivity index (χ0n) is 11.0. The van der Waals surface area contributed by atoms with Gasteiger partial charge in [0.2, 0.25) is 0 Å². The second-order valence-electron chi connectivity index (χ2n) is 4.64. The fourth-order valence-electron chi connectivity index (χ4n) is 2.16. The van der Waals surface area contributed by atoms with E-state index in [4.69, 9.17) is 10.2 Å². The number of hydrogen-bond acceptors (Lipinski definition) is 3. The van der Waals surface area contributed by atoms with Crippen molar-refractivity contribution in [3.8, 4) is 11.3 Å². The van der Waals surface area contributed by atoms with Crippen LogP contribution in [0.2, 0.25) is 0 Å². The van der Waals surface area contributed by atoms with Crippen molar-refractivity contribution in [2.75, 3.05) is 0 Å². The van der Waals surface area contributed by atoms with Gasteiger partial charge in [0.25, 0.3) is 0 Å². The van der Waals surface area contributed by atoms with Crippen molar-refractivity contribution in [3.63, 3.8) is 0 Å². The van der Waals surface area contributed by atoms with E-state index in [0.29, 0.717) is 0 Å². The molecule has 7 heteroatoms. The Morgan fingerprint density at radius 1 is 1.23 bits per heavy atom. The highest BCUT2D eigenvalue weighted by Crippen LogP contribution is 2.39. The highest BCUT2D eigenvalue weighted by molar-refractivity contribution is 5.87. The number of nitrogens with zero attached hydrogens (tertiary/aromatic N) is 1. The Balaban J connectivity index is 2.26. The monoisotopic (exact) mass is 309 g/mol. The molecule has 0 aliphatic rings. The maximum absolute atomic E-state index is 13.2. The molecule has 0 saturated carbocycles. The van der Waals surface area contributed by atoms with Gasteiger partial charge in [-0.3, -0.25) is 4.98 Å². The molecule has 3 nitrogen and oxygen atoms in total. The minimum Gasteiger partial charge on any atom is -0.459 e. The third-order valence-electron chi connectivity index (χ3n) is 3.13. The summed E-state index contributed by atoms with van der Waals surface area (Å²) in [4.78, 5) is 3.78.